The van der Waals surface area contributed by atoms with Crippen molar-refractivity contribution in [1.82, 2.24) is 5.32 Å². The van der Waals surface area contributed by atoms with E-state index in [0.717, 1.165) is 12.1 Å². The maximum absolute atomic E-state index is 11.2. The predicted octanol–water partition coefficient (Wildman–Crippen LogP) is 0.547. The van der Waals surface area contributed by atoms with Gasteiger partial charge in [0, 0.05) is 45.0 Å². The summed E-state index contributed by atoms with van der Waals surface area (Å²) in [7, 11) is -1.94. The molecule has 11 heteroatoms. The second-order valence-corrected chi connectivity index (χ2v) is 8.05. The van der Waals surface area contributed by atoms with Gasteiger partial charge in [-0.05, 0) is 18.6 Å². The number of sulfonamides is 1. The maximum atomic E-state index is 11.2. The number of rotatable bonds is 11. The number of primary sulfonamides is 1. The molecule has 0 amide bonds. The van der Waals surface area contributed by atoms with Crippen molar-refractivity contribution in [2.75, 3.05) is 64.3 Å². The Morgan fingerprint density at radius 3 is 2.76 bits per heavy atom. The molecule has 0 aliphatic carbocycles. The van der Waals surface area contributed by atoms with E-state index < -0.39 is 10.0 Å². The molecular formula is C18H30N4O6S. The van der Waals surface area contributed by atoms with Gasteiger partial charge in [-0.3, -0.25) is 4.99 Å². The van der Waals surface area contributed by atoms with Crippen LogP contribution < -0.4 is 25.2 Å². The Bertz CT molecular complexity index is 757. The van der Waals surface area contributed by atoms with Crippen molar-refractivity contribution >= 4 is 21.7 Å². The summed E-state index contributed by atoms with van der Waals surface area (Å²) >= 11 is 0. The first-order valence-corrected chi connectivity index (χ1v) is 11.2. The van der Waals surface area contributed by atoms with E-state index >= 15 is 0 Å². The monoisotopic (exact) mass is 430 g/mol. The van der Waals surface area contributed by atoms with Crippen molar-refractivity contribution in [3.05, 3.63) is 18.2 Å². The largest absolute Gasteiger partial charge is 0.490 e. The van der Waals surface area contributed by atoms with E-state index in [4.69, 9.17) is 24.1 Å². The van der Waals surface area contributed by atoms with Crippen molar-refractivity contribution in [1.29, 1.82) is 0 Å². The van der Waals surface area contributed by atoms with E-state index in [0.29, 0.717) is 63.5 Å². The molecule has 2 rings (SSSR count). The fourth-order valence-corrected chi connectivity index (χ4v) is 2.82. The standard InChI is InChI=1S/C18H30N4O6S/c1-25-11-12-26-8-2-6-20-18(21-7-13-29(19,23)24)22-15-4-5-16-17(14-15)28-10-3-9-27-16/h4-5,14H,2-3,6-13H2,1H3,(H2,19,23,24)(H2,20,21,22). The average molecular weight is 431 g/mol. The molecule has 10 nitrogen and oxygen atoms in total. The Morgan fingerprint density at radius 2 is 2.00 bits per heavy atom. The molecule has 1 aliphatic heterocycles. The van der Waals surface area contributed by atoms with Crippen LogP contribution >= 0.6 is 0 Å². The quantitative estimate of drug-likeness (QED) is 0.263. The first-order chi connectivity index (χ1) is 14.0. The van der Waals surface area contributed by atoms with Gasteiger partial charge < -0.3 is 29.6 Å². The minimum atomic E-state index is -3.56. The third kappa shape index (κ3) is 9.79. The molecule has 1 heterocycles. The summed E-state index contributed by atoms with van der Waals surface area (Å²) in [5.41, 5.74) is 0.743. The molecule has 0 saturated heterocycles. The van der Waals surface area contributed by atoms with Gasteiger partial charge in [-0.25, -0.2) is 13.6 Å². The Balaban J connectivity index is 1.94. The van der Waals surface area contributed by atoms with Gasteiger partial charge in [0.1, 0.15) is 0 Å². The summed E-state index contributed by atoms with van der Waals surface area (Å²) < 4.78 is 44.0. The van der Waals surface area contributed by atoms with Gasteiger partial charge in [0.05, 0.1) is 32.2 Å². The van der Waals surface area contributed by atoms with Crippen LogP contribution in [0.4, 0.5) is 5.69 Å². The molecule has 1 aromatic rings. The second kappa shape index (κ2) is 12.5. The van der Waals surface area contributed by atoms with Crippen molar-refractivity contribution < 1.29 is 27.4 Å². The van der Waals surface area contributed by atoms with Gasteiger partial charge in [-0.1, -0.05) is 0 Å². The summed E-state index contributed by atoms with van der Waals surface area (Å²) in [6.07, 6.45) is 1.54. The van der Waals surface area contributed by atoms with Gasteiger partial charge >= 0.3 is 0 Å². The highest BCUT2D eigenvalue weighted by Gasteiger charge is 2.12. The molecule has 0 spiro atoms. The van der Waals surface area contributed by atoms with E-state index in [9.17, 15) is 8.42 Å². The second-order valence-electron chi connectivity index (χ2n) is 6.32. The summed E-state index contributed by atoms with van der Waals surface area (Å²) in [6, 6.07) is 5.50. The first-order valence-electron chi connectivity index (χ1n) is 9.50. The molecule has 29 heavy (non-hydrogen) atoms. The number of hydrogen-bond acceptors (Lipinski definition) is 7. The van der Waals surface area contributed by atoms with Gasteiger partial charge in [0.25, 0.3) is 0 Å². The minimum Gasteiger partial charge on any atom is -0.490 e. The van der Waals surface area contributed by atoms with Gasteiger partial charge in [-0.2, -0.15) is 0 Å². The van der Waals surface area contributed by atoms with Gasteiger partial charge in [0.2, 0.25) is 10.0 Å². The number of nitrogens with zero attached hydrogens (tertiary/aromatic N) is 1. The third-order valence-electron chi connectivity index (χ3n) is 3.84. The van der Waals surface area contributed by atoms with Crippen molar-refractivity contribution in [3.63, 3.8) is 0 Å². The topological polar surface area (TPSA) is 134 Å². The van der Waals surface area contributed by atoms with Crippen LogP contribution in [0.25, 0.3) is 0 Å². The Kier molecular flexibility index (Phi) is 9.98. The highest BCUT2D eigenvalue weighted by Crippen LogP contribution is 2.32. The van der Waals surface area contributed by atoms with Crippen LogP contribution in [0, 0.1) is 0 Å². The molecule has 1 aromatic carbocycles. The Labute approximate surface area is 171 Å². The summed E-state index contributed by atoms with van der Waals surface area (Å²) in [5.74, 6) is 1.60. The Hall–Kier alpha value is -2.08. The van der Waals surface area contributed by atoms with Crippen LogP contribution in [0.3, 0.4) is 0 Å². The van der Waals surface area contributed by atoms with Gasteiger partial charge in [0.15, 0.2) is 17.5 Å². The molecule has 0 unspecified atom stereocenters. The molecule has 0 radical (unpaired) electrons. The van der Waals surface area contributed by atoms with E-state index in [1.165, 1.54) is 0 Å². The Morgan fingerprint density at radius 1 is 1.21 bits per heavy atom. The zero-order valence-corrected chi connectivity index (χ0v) is 17.5. The highest BCUT2D eigenvalue weighted by atomic mass is 32.2. The smallest absolute Gasteiger partial charge is 0.210 e. The lowest BCUT2D eigenvalue weighted by Crippen LogP contribution is -2.36. The number of ether oxygens (including phenoxy) is 4. The number of nitrogens with two attached hydrogens (primary N) is 1. The summed E-state index contributed by atoms with van der Waals surface area (Å²) in [4.78, 5) is 4.46. The van der Waals surface area contributed by atoms with Crippen LogP contribution in [-0.4, -0.2) is 73.4 Å². The lowest BCUT2D eigenvalue weighted by molar-refractivity contribution is 0.0702. The number of anilines is 1. The molecule has 0 aromatic heterocycles. The van der Waals surface area contributed by atoms with Crippen LogP contribution in [0.2, 0.25) is 0 Å². The first kappa shape index (κ1) is 23.2. The van der Waals surface area contributed by atoms with Crippen LogP contribution in [0.5, 0.6) is 11.5 Å². The maximum Gasteiger partial charge on any atom is 0.210 e. The predicted molar refractivity (Wildman–Crippen MR) is 111 cm³/mol. The van der Waals surface area contributed by atoms with E-state index in [1.807, 2.05) is 18.2 Å². The molecule has 164 valence electrons. The van der Waals surface area contributed by atoms with Crippen molar-refractivity contribution in [2.45, 2.75) is 12.8 Å². The fraction of sp³-hybridized carbons (Fsp3) is 0.611. The number of benzene rings is 1. The average Bonchev–Trinajstić information content (AvgIpc) is 2.91. The molecule has 0 saturated carbocycles. The molecule has 0 fully saturated rings. The minimum absolute atomic E-state index is 0.138. The summed E-state index contributed by atoms with van der Waals surface area (Å²) in [6.45, 7) is 3.49. The van der Waals surface area contributed by atoms with E-state index in [1.54, 1.807) is 7.11 Å². The van der Waals surface area contributed by atoms with Crippen LogP contribution in [0.15, 0.2) is 23.2 Å². The van der Waals surface area contributed by atoms with Gasteiger partial charge in [-0.15, -0.1) is 0 Å². The van der Waals surface area contributed by atoms with E-state index in [-0.39, 0.29) is 12.3 Å². The molecule has 4 N–H and O–H groups in total. The highest BCUT2D eigenvalue weighted by molar-refractivity contribution is 7.89. The fourth-order valence-electron chi connectivity index (χ4n) is 2.43. The van der Waals surface area contributed by atoms with Crippen LogP contribution in [-0.2, 0) is 19.5 Å². The van der Waals surface area contributed by atoms with Crippen molar-refractivity contribution in [2.24, 2.45) is 10.1 Å². The summed E-state index contributed by atoms with van der Waals surface area (Å²) in [5, 5.41) is 11.2. The normalized spacial score (nSPS) is 14.3. The van der Waals surface area contributed by atoms with Crippen molar-refractivity contribution in [3.8, 4) is 11.5 Å². The van der Waals surface area contributed by atoms with Crippen LogP contribution in [0.1, 0.15) is 12.8 Å². The zero-order chi connectivity index (χ0) is 21.0. The third-order valence-corrected chi connectivity index (χ3v) is 4.61. The zero-order valence-electron chi connectivity index (χ0n) is 16.7. The molecular weight excluding hydrogens is 400 g/mol. The lowest BCUT2D eigenvalue weighted by Gasteiger charge is -2.14. The molecule has 0 atom stereocenters. The number of fused-ring (bicyclic) bond motifs is 1. The number of nitrogens with one attached hydrogen (secondary N) is 2. The number of methoxy groups -OCH3 is 1. The number of hydrogen-bond donors (Lipinski definition) is 3. The van der Waals surface area contributed by atoms with E-state index in [2.05, 4.69) is 15.6 Å². The lowest BCUT2D eigenvalue weighted by atomic mass is 10.3. The SMILES string of the molecule is COCCOCCCN=C(NCCS(N)(=O)=O)Nc1ccc2c(c1)OCCCO2. The molecule has 0 bridgehead atoms. The number of guanidine groups is 1. The number of aliphatic imine (C=N–C) groups is 1. The molecule has 1 aliphatic rings.